The lowest BCUT2D eigenvalue weighted by Crippen LogP contribution is -2.52. The largest absolute Gasteiger partial charge is 0.490 e. The number of rotatable bonds is 10. The quantitative estimate of drug-likeness (QED) is 0.132. The Balaban J connectivity index is 0.000000293. The third-order valence-corrected chi connectivity index (χ3v) is 6.30. The predicted molar refractivity (Wildman–Crippen MR) is 204 cm³/mol. The molecule has 0 aliphatic heterocycles. The van der Waals surface area contributed by atoms with Crippen LogP contribution in [0.4, 0.5) is 0 Å². The van der Waals surface area contributed by atoms with Crippen LogP contribution in [0.15, 0.2) is 42.6 Å². The van der Waals surface area contributed by atoms with Gasteiger partial charge in [0.2, 0.25) is 0 Å². The molecule has 0 atom stereocenters. The molecular formula is C18H17B15Cl2IN4O2. The minimum atomic E-state index is -0.630. The van der Waals surface area contributed by atoms with E-state index in [4.69, 9.17) is 102 Å². The van der Waals surface area contributed by atoms with E-state index >= 15 is 0 Å². The van der Waals surface area contributed by atoms with Crippen LogP contribution < -0.4 is 9.47 Å². The van der Waals surface area contributed by atoms with Gasteiger partial charge in [-0.25, -0.2) is 0 Å². The van der Waals surface area contributed by atoms with Gasteiger partial charge in [0.15, 0.2) is 0 Å². The van der Waals surface area contributed by atoms with Crippen LogP contribution in [-0.4, -0.2) is 154 Å². The number of ether oxygens (including phenoxy) is 2. The third kappa shape index (κ3) is 13.9. The monoisotopic (exact) mass is 683 g/mol. The summed E-state index contributed by atoms with van der Waals surface area (Å²) >= 11 is 13.3. The first-order valence-corrected chi connectivity index (χ1v) is 14.6. The molecule has 4 rings (SSSR count). The Hall–Kier alpha value is -0.736. The van der Waals surface area contributed by atoms with Gasteiger partial charge in [0.25, 0.3) is 0 Å². The second kappa shape index (κ2) is 21.9. The molecule has 6 nitrogen and oxygen atoms in total. The molecule has 4 aromatic rings. The number of aromatic amines is 2. The van der Waals surface area contributed by atoms with Gasteiger partial charge in [-0.2, -0.15) is 10.2 Å². The summed E-state index contributed by atoms with van der Waals surface area (Å²) in [6.07, 6.45) is -0.937. The normalized spacial score (nSPS) is 9.60. The van der Waals surface area contributed by atoms with Crippen LogP contribution in [0.5, 0.6) is 11.5 Å². The van der Waals surface area contributed by atoms with E-state index in [1.54, 1.807) is 6.20 Å². The highest BCUT2D eigenvalue weighted by Crippen LogP contribution is 2.26. The Kier molecular flexibility index (Phi) is 20.5. The molecule has 0 saturated heterocycles. The van der Waals surface area contributed by atoms with E-state index in [0.29, 0.717) is 25.0 Å². The van der Waals surface area contributed by atoms with Crippen molar-refractivity contribution in [3.8, 4) is 11.5 Å². The average Bonchev–Trinajstić information content (AvgIpc) is 3.62. The summed E-state index contributed by atoms with van der Waals surface area (Å²) in [6, 6.07) is 11.7. The molecule has 2 N–H and O–H groups in total. The van der Waals surface area contributed by atoms with Gasteiger partial charge in [0.1, 0.15) is 39.4 Å². The number of halogens is 3. The lowest BCUT2D eigenvalue weighted by atomic mass is 8.68. The van der Waals surface area contributed by atoms with Gasteiger partial charge in [0.05, 0.1) is 18.0 Å². The van der Waals surface area contributed by atoms with Gasteiger partial charge in [-0.05, 0) is 40.8 Å². The molecule has 0 unspecified atom stereocenters. The highest BCUT2D eigenvalue weighted by Gasteiger charge is 2.14. The molecule has 2 heterocycles. The molecule has 0 aliphatic carbocycles. The number of fused-ring (bicyclic) bond motifs is 2. The third-order valence-electron chi connectivity index (χ3n) is 5.16. The second-order valence-corrected chi connectivity index (χ2v) is 10.3. The fraction of sp³-hybridized carbons (Fsp3) is 0.222. The van der Waals surface area contributed by atoms with E-state index in [1.807, 2.05) is 36.4 Å². The molecule has 0 saturated carbocycles. The molecule has 0 bridgehead atoms. The first kappa shape index (κ1) is 39.3. The summed E-state index contributed by atoms with van der Waals surface area (Å²) in [6.45, 7) is 1.02. The van der Waals surface area contributed by atoms with Crippen molar-refractivity contribution in [2.45, 2.75) is 0 Å². The summed E-state index contributed by atoms with van der Waals surface area (Å²) < 4.78 is 11.9. The first-order chi connectivity index (χ1) is 20.0. The maximum Gasteiger partial charge on any atom is 0.147 e. The highest BCUT2D eigenvalue weighted by molar-refractivity contribution is 14.1. The fourth-order valence-corrected chi connectivity index (χ4v) is 3.55. The van der Waals surface area contributed by atoms with Gasteiger partial charge < -0.3 is 9.47 Å². The Morgan fingerprint density at radius 1 is 0.810 bits per heavy atom. The number of hydrogen-bond acceptors (Lipinski definition) is 4. The van der Waals surface area contributed by atoms with Crippen LogP contribution in [0, 0.1) is 3.70 Å². The lowest BCUT2D eigenvalue weighted by molar-refractivity contribution is 0.346. The Bertz CT molecular complexity index is 1280. The average molecular weight is 681 g/mol. The second-order valence-electron chi connectivity index (χ2n) is 8.43. The molecule has 24 heteroatoms. The molecule has 0 fully saturated rings. The van der Waals surface area contributed by atoms with Gasteiger partial charge >= 0.3 is 0 Å². The van der Waals surface area contributed by atoms with E-state index < -0.39 is 25.5 Å². The highest BCUT2D eigenvalue weighted by atomic mass is 127. The number of nitrogens with zero attached hydrogens (tertiary/aromatic N) is 2. The van der Waals surface area contributed by atoms with E-state index in [1.165, 1.54) is 7.06 Å². The first-order valence-electron chi connectivity index (χ1n) is 12.5. The zero-order chi connectivity index (χ0) is 31.7. The maximum atomic E-state index is 5.55. The van der Waals surface area contributed by atoms with Crippen molar-refractivity contribution >= 4 is 176 Å². The number of nitrogens with one attached hydrogen (secondary N) is 2. The molecule has 187 valence electrons. The van der Waals surface area contributed by atoms with Crippen molar-refractivity contribution in [1.29, 1.82) is 0 Å². The minimum Gasteiger partial charge on any atom is -0.490 e. The van der Waals surface area contributed by atoms with Gasteiger partial charge in [0, 0.05) is 119 Å². The number of para-hydroxylation sites is 2. The number of hydrogen-bond donors (Lipinski definition) is 2. The van der Waals surface area contributed by atoms with Crippen molar-refractivity contribution in [1.82, 2.24) is 20.4 Å². The zero-order valence-corrected chi connectivity index (χ0v) is 26.5. The van der Waals surface area contributed by atoms with Crippen molar-refractivity contribution in [2.75, 3.05) is 25.0 Å². The van der Waals surface area contributed by atoms with Crippen molar-refractivity contribution in [3.63, 3.8) is 0 Å². The van der Waals surface area contributed by atoms with Gasteiger partial charge in [-0.3, -0.25) is 10.2 Å². The van der Waals surface area contributed by atoms with Crippen molar-refractivity contribution in [2.24, 2.45) is 0 Å². The molecule has 2 aromatic heterocycles. The number of alkyl halides is 2. The Morgan fingerprint density at radius 3 is 1.88 bits per heavy atom. The van der Waals surface area contributed by atoms with Crippen LogP contribution >= 0.6 is 45.8 Å². The summed E-state index contributed by atoms with van der Waals surface area (Å²) in [7, 11) is 47.4. The molecule has 0 spiro atoms. The van der Waals surface area contributed by atoms with Gasteiger partial charge in [-0.15, -0.1) is 23.2 Å². The molecule has 2 aromatic carbocycles. The van der Waals surface area contributed by atoms with E-state index in [0.717, 1.165) is 37.0 Å². The summed E-state index contributed by atoms with van der Waals surface area (Å²) in [5.74, 6) is 2.56. The zero-order valence-electron chi connectivity index (χ0n) is 22.9. The van der Waals surface area contributed by atoms with Crippen LogP contribution in [0.25, 0.3) is 21.8 Å². The summed E-state index contributed by atoms with van der Waals surface area (Å²) in [4.78, 5) is 0. The standard InChI is InChI=1S/C9H8ClIN2O.C9H9ClN2O.B8.B7/c10-4-5-14-7-3-1-2-6-8(7)12-13-9(6)11;10-4-5-13-8-3-1-2-7-6-11-12-9(7)8;1-6(2)8(5)7(3)4;1-5-7(4)6(2)3/h1-3H,4-5H2,(H,12,13);1-3,6H,4-5H2,(H,11,12);;. The molecular weight excluding hydrogens is 664 g/mol. The van der Waals surface area contributed by atoms with Gasteiger partial charge in [-0.1, -0.05) is 18.2 Å². The topological polar surface area (TPSA) is 75.8 Å². The maximum absolute atomic E-state index is 5.55. The Labute approximate surface area is 286 Å². The number of benzene rings is 2. The molecule has 42 heavy (non-hydrogen) atoms. The number of aromatic nitrogens is 4. The smallest absolute Gasteiger partial charge is 0.147 e. The number of H-pyrrole nitrogens is 2. The summed E-state index contributed by atoms with van der Waals surface area (Å²) in [5.41, 5.74) is 1.79. The van der Waals surface area contributed by atoms with Crippen molar-refractivity contribution < 1.29 is 9.47 Å². The van der Waals surface area contributed by atoms with Crippen LogP contribution in [0.2, 0.25) is 0 Å². The van der Waals surface area contributed by atoms with Crippen molar-refractivity contribution in [3.05, 3.63) is 46.3 Å². The predicted octanol–water partition coefficient (Wildman–Crippen LogP) is -0.746. The van der Waals surface area contributed by atoms with E-state index in [-0.39, 0.29) is 6.39 Å². The molecule has 19 radical (unpaired) electrons. The van der Waals surface area contributed by atoms with E-state index in [2.05, 4.69) is 43.0 Å². The van der Waals surface area contributed by atoms with E-state index in [9.17, 15) is 0 Å². The molecule has 0 amide bonds. The fourth-order valence-electron chi connectivity index (χ4n) is 2.84. The van der Waals surface area contributed by atoms with Crippen LogP contribution in [0.3, 0.4) is 0 Å². The van der Waals surface area contributed by atoms with Crippen LogP contribution in [-0.2, 0) is 0 Å². The molecule has 0 aliphatic rings. The SMILES string of the molecule is ClCCOc1cccc2c(I)[nH]nc12.ClCCOc1cccc2cn[nH]c12.[B]B([B])B([B])B([B])[B].[B][B]B([B])B([B])[B]. The lowest BCUT2D eigenvalue weighted by Gasteiger charge is -2.13. The summed E-state index contributed by atoms with van der Waals surface area (Å²) in [5, 5.41) is 16.0. The minimum absolute atomic E-state index is 0.389. The Morgan fingerprint density at radius 2 is 1.38 bits per heavy atom. The van der Waals surface area contributed by atoms with Crippen LogP contribution in [0.1, 0.15) is 0 Å².